The molecule has 2 aromatic carbocycles. The van der Waals surface area contributed by atoms with Gasteiger partial charge in [-0.15, -0.1) is 0 Å². The molecule has 1 saturated heterocycles. The molecule has 0 bridgehead atoms. The highest BCUT2D eigenvalue weighted by Gasteiger charge is 2.18. The zero-order chi connectivity index (χ0) is 32.9. The average Bonchev–Trinajstić information content (AvgIpc) is 3.88. The summed E-state index contributed by atoms with van der Waals surface area (Å²) in [5.41, 5.74) is 9.81. The number of aromatic amines is 2. The minimum atomic E-state index is -0.247. The molecule has 1 aliphatic heterocycles. The van der Waals surface area contributed by atoms with Crippen LogP contribution in [0.2, 0.25) is 0 Å². The van der Waals surface area contributed by atoms with Gasteiger partial charge in [-0.1, -0.05) is 55.1 Å². The molecule has 1 aliphatic rings. The predicted octanol–water partition coefficient (Wildman–Crippen LogP) is 8.88. The van der Waals surface area contributed by atoms with Crippen LogP contribution in [0.1, 0.15) is 49.4 Å². The van der Waals surface area contributed by atoms with Crippen LogP contribution in [-0.4, -0.2) is 54.7 Å². The van der Waals surface area contributed by atoms with E-state index in [4.69, 9.17) is 9.97 Å². The van der Waals surface area contributed by atoms with E-state index in [0.717, 1.165) is 87.7 Å². The van der Waals surface area contributed by atoms with Crippen LogP contribution in [0, 0.1) is 5.82 Å². The van der Waals surface area contributed by atoms with E-state index in [9.17, 15) is 4.39 Å². The van der Waals surface area contributed by atoms with E-state index in [1.54, 1.807) is 24.5 Å². The number of aryl methyl sites for hydroxylation is 2. The molecule has 1 fully saturated rings. The summed E-state index contributed by atoms with van der Waals surface area (Å²) >= 11 is 0. The molecule has 2 N–H and O–H groups in total. The van der Waals surface area contributed by atoms with E-state index in [2.05, 4.69) is 74.1 Å². The van der Waals surface area contributed by atoms with Crippen molar-refractivity contribution >= 4 is 27.5 Å². The number of fused-ring (bicyclic) bond motifs is 2. The van der Waals surface area contributed by atoms with Crippen LogP contribution in [0.3, 0.4) is 0 Å². The Bertz CT molecular complexity index is 2120. The van der Waals surface area contributed by atoms with Gasteiger partial charge in [0.1, 0.15) is 11.5 Å². The zero-order valence-corrected chi connectivity index (χ0v) is 27.3. The number of halogens is 1. The van der Waals surface area contributed by atoms with E-state index in [1.807, 2.05) is 31.3 Å². The Morgan fingerprint density at radius 3 is 2.65 bits per heavy atom. The first-order valence-electron chi connectivity index (χ1n) is 16.8. The van der Waals surface area contributed by atoms with Crippen molar-refractivity contribution in [3.63, 3.8) is 0 Å². The Morgan fingerprint density at radius 2 is 1.83 bits per heavy atom. The second kappa shape index (κ2) is 14.3. The minimum absolute atomic E-state index is 0.247. The van der Waals surface area contributed by atoms with Crippen LogP contribution in [0.25, 0.3) is 50.2 Å². The first kappa shape index (κ1) is 31.4. The number of rotatable bonds is 12. The van der Waals surface area contributed by atoms with Gasteiger partial charge >= 0.3 is 0 Å². The second-order valence-electron chi connectivity index (χ2n) is 12.5. The molecule has 0 saturated carbocycles. The lowest BCUT2D eigenvalue weighted by Gasteiger charge is -2.14. The third-order valence-corrected chi connectivity index (χ3v) is 9.23. The Kier molecular flexibility index (Phi) is 9.34. The average molecular weight is 638 g/mol. The largest absolute Gasteiger partial charge is 0.335 e. The summed E-state index contributed by atoms with van der Waals surface area (Å²) in [7, 11) is 0. The molecule has 8 heteroatoms. The summed E-state index contributed by atoms with van der Waals surface area (Å²) in [6.45, 7) is 9.48. The molecule has 0 aliphatic carbocycles. The molecule has 7 nitrogen and oxygen atoms in total. The van der Waals surface area contributed by atoms with Crippen molar-refractivity contribution in [3.8, 4) is 22.6 Å². The Balaban J connectivity index is 1.16. The number of nitrogens with zero attached hydrogens (tertiary/aromatic N) is 5. The molecule has 0 atom stereocenters. The van der Waals surface area contributed by atoms with E-state index in [1.165, 1.54) is 31.5 Å². The van der Waals surface area contributed by atoms with Gasteiger partial charge in [-0.3, -0.25) is 15.1 Å². The number of hydrogen-bond donors (Lipinski definition) is 2. The molecule has 7 rings (SSSR count). The number of likely N-dealkylation sites (tertiary alicyclic amines) is 1. The molecule has 5 heterocycles. The maximum atomic E-state index is 14.9. The molecule has 242 valence electrons. The smallest absolute Gasteiger partial charge is 0.159 e. The van der Waals surface area contributed by atoms with Gasteiger partial charge in [0.2, 0.25) is 0 Å². The molecular weight excluding hydrogens is 597 g/mol. The van der Waals surface area contributed by atoms with Crippen molar-refractivity contribution in [1.82, 2.24) is 35.0 Å². The number of aromatic nitrogens is 6. The van der Waals surface area contributed by atoms with Crippen LogP contribution in [0.5, 0.6) is 0 Å². The normalized spacial score (nSPS) is 14.4. The Morgan fingerprint density at radius 1 is 0.979 bits per heavy atom. The molecule has 4 aromatic heterocycles. The van der Waals surface area contributed by atoms with Crippen LogP contribution in [0.15, 0.2) is 104 Å². The summed E-state index contributed by atoms with van der Waals surface area (Å²) < 4.78 is 14.9. The summed E-state index contributed by atoms with van der Waals surface area (Å²) in [4.78, 5) is 20.1. The fourth-order valence-electron chi connectivity index (χ4n) is 6.65. The van der Waals surface area contributed by atoms with Gasteiger partial charge < -0.3 is 9.88 Å². The highest BCUT2D eigenvalue weighted by Crippen LogP contribution is 2.33. The number of benzene rings is 2. The lowest BCUT2D eigenvalue weighted by molar-refractivity contribution is 0.334. The van der Waals surface area contributed by atoms with Gasteiger partial charge in [0.15, 0.2) is 5.82 Å². The molecule has 6 aromatic rings. The lowest BCUT2D eigenvalue weighted by Crippen LogP contribution is -2.20. The van der Waals surface area contributed by atoms with E-state index < -0.39 is 0 Å². The summed E-state index contributed by atoms with van der Waals surface area (Å²) in [5, 5.41) is 8.64. The third-order valence-electron chi connectivity index (χ3n) is 9.23. The minimum Gasteiger partial charge on any atom is -0.335 e. The zero-order valence-electron chi connectivity index (χ0n) is 27.3. The quantitative estimate of drug-likeness (QED) is 0.131. The van der Waals surface area contributed by atoms with E-state index >= 15 is 0 Å². The summed E-state index contributed by atoms with van der Waals surface area (Å²) in [6.07, 6.45) is 17.7. The molecular formula is C40H40FN7. The fourth-order valence-corrected chi connectivity index (χ4v) is 6.65. The van der Waals surface area contributed by atoms with Gasteiger partial charge in [0.25, 0.3) is 0 Å². The van der Waals surface area contributed by atoms with Crippen molar-refractivity contribution in [1.29, 1.82) is 0 Å². The van der Waals surface area contributed by atoms with Gasteiger partial charge in [-0.05, 0) is 117 Å². The predicted molar refractivity (Wildman–Crippen MR) is 193 cm³/mol. The van der Waals surface area contributed by atoms with Crippen molar-refractivity contribution in [2.24, 2.45) is 0 Å². The standard InChI is InChI=1S/C40H40FN7/c1-3-27(14-15-28-11-6-5-7-12-28)19-30(4-2)35-23-33-36(26-43-35)46-47-39(33)40-44-37-25-42-24-34(38(37)45-40)31-20-29(21-32(41)22-31)13-10-18-48-16-8-9-17-48/h3-7,11-12,19-26H,1,8-10,13-18H2,2H3,(H,44,45)(H,46,47)/b27-19+,30-4+. The van der Waals surface area contributed by atoms with Crippen LogP contribution < -0.4 is 0 Å². The van der Waals surface area contributed by atoms with Gasteiger partial charge in [0, 0.05) is 17.1 Å². The molecule has 0 unspecified atom stereocenters. The molecule has 0 amide bonds. The third kappa shape index (κ3) is 6.89. The van der Waals surface area contributed by atoms with Crippen molar-refractivity contribution in [2.45, 2.75) is 45.4 Å². The molecule has 48 heavy (non-hydrogen) atoms. The van der Waals surface area contributed by atoms with Crippen molar-refractivity contribution in [2.75, 3.05) is 19.6 Å². The maximum absolute atomic E-state index is 14.9. The number of nitrogens with one attached hydrogen (secondary N) is 2. The van der Waals surface area contributed by atoms with Crippen LogP contribution >= 0.6 is 0 Å². The van der Waals surface area contributed by atoms with E-state index in [0.29, 0.717) is 11.5 Å². The van der Waals surface area contributed by atoms with Crippen molar-refractivity contribution < 1.29 is 4.39 Å². The number of H-pyrrole nitrogens is 2. The van der Waals surface area contributed by atoms with Gasteiger partial charge in [-0.25, -0.2) is 9.37 Å². The van der Waals surface area contributed by atoms with Gasteiger partial charge in [-0.2, -0.15) is 5.10 Å². The second-order valence-corrected chi connectivity index (χ2v) is 12.5. The molecule has 0 radical (unpaired) electrons. The monoisotopic (exact) mass is 637 g/mol. The highest BCUT2D eigenvalue weighted by molar-refractivity contribution is 5.97. The first-order valence-corrected chi connectivity index (χ1v) is 16.8. The van der Waals surface area contributed by atoms with Crippen LogP contribution in [-0.2, 0) is 12.8 Å². The Hall–Kier alpha value is -5.21. The fraction of sp³-hybridized carbons (Fsp3) is 0.250. The number of hydrogen-bond acceptors (Lipinski definition) is 5. The molecule has 0 spiro atoms. The highest BCUT2D eigenvalue weighted by atomic mass is 19.1. The SMILES string of the molecule is C=C/C(=C\C(=C/C)c1cc2c(-c3nc4c(-c5cc(F)cc(CCCN6CCCC6)c5)cncc4[nH]3)n[nH]c2cn1)CCc1ccccc1. The van der Waals surface area contributed by atoms with E-state index in [-0.39, 0.29) is 5.82 Å². The Labute approximate surface area is 280 Å². The number of pyridine rings is 2. The van der Waals surface area contributed by atoms with Gasteiger partial charge in [0.05, 0.1) is 34.6 Å². The number of imidazole rings is 1. The summed E-state index contributed by atoms with van der Waals surface area (Å²) in [5.74, 6) is 0.361. The lowest BCUT2D eigenvalue weighted by atomic mass is 10.0. The first-order chi connectivity index (χ1) is 23.6. The number of allylic oxidation sites excluding steroid dienone is 5. The van der Waals surface area contributed by atoms with Crippen LogP contribution in [0.4, 0.5) is 4.39 Å². The topological polar surface area (TPSA) is 86.4 Å². The van der Waals surface area contributed by atoms with Crippen molar-refractivity contribution in [3.05, 3.63) is 126 Å². The summed E-state index contributed by atoms with van der Waals surface area (Å²) in [6, 6.07) is 17.8. The maximum Gasteiger partial charge on any atom is 0.159 e.